The number of nitrogens with zero attached hydrogens (tertiary/aromatic N) is 2. The Kier molecular flexibility index (Phi) is 10.6. The number of benzene rings is 3. The van der Waals surface area contributed by atoms with Crippen molar-refractivity contribution < 1.29 is 49.1 Å². The van der Waals surface area contributed by atoms with Crippen molar-refractivity contribution in [1.82, 2.24) is 14.5 Å². The number of rotatable bonds is 9. The molecule has 3 aromatic rings. The lowest BCUT2D eigenvalue weighted by Gasteiger charge is -2.39. The van der Waals surface area contributed by atoms with Crippen molar-refractivity contribution in [2.45, 2.75) is 49.6 Å². The molecule has 3 amide bonds. The number of carbonyl (C=O) groups excluding carboxylic acids is 3. The van der Waals surface area contributed by atoms with Gasteiger partial charge in [0.05, 0.1) is 16.0 Å². The van der Waals surface area contributed by atoms with Gasteiger partial charge in [0, 0.05) is 45.2 Å². The topological polar surface area (TPSA) is 116 Å². The molecule has 3 aromatic carbocycles. The Morgan fingerprint density at radius 3 is 2.06 bits per heavy atom. The Balaban J connectivity index is 1.52. The molecule has 0 saturated carbocycles. The summed E-state index contributed by atoms with van der Waals surface area (Å²) in [5.41, 5.74) is -0.849. The molecule has 16 heteroatoms. The minimum Gasteiger partial charge on any atom is -0.351 e. The summed E-state index contributed by atoms with van der Waals surface area (Å²) in [5, 5.41) is 5.04. The molecule has 1 saturated heterocycles. The molecular weight excluding hydrogens is 654 g/mol. The van der Waals surface area contributed by atoms with Gasteiger partial charge in [0.15, 0.2) is 0 Å². The van der Waals surface area contributed by atoms with Crippen LogP contribution in [-0.4, -0.2) is 61.0 Å². The summed E-state index contributed by atoms with van der Waals surface area (Å²) in [6.07, 6.45) is -9.37. The quantitative estimate of drug-likeness (QED) is 0.314. The molecule has 1 aliphatic heterocycles. The summed E-state index contributed by atoms with van der Waals surface area (Å²) >= 11 is 0. The van der Waals surface area contributed by atoms with Crippen LogP contribution in [0.25, 0.3) is 0 Å². The number of sulfonamides is 1. The molecule has 0 radical (unpaired) electrons. The van der Waals surface area contributed by atoms with E-state index in [0.29, 0.717) is 11.3 Å². The second-order valence-electron chi connectivity index (χ2n) is 10.8. The zero-order valence-corrected chi connectivity index (χ0v) is 25.7. The second-order valence-corrected chi connectivity index (χ2v) is 12.7. The number of alkyl halides is 6. The van der Waals surface area contributed by atoms with E-state index in [2.05, 4.69) is 10.6 Å². The average molecular weight is 685 g/mol. The summed E-state index contributed by atoms with van der Waals surface area (Å²) in [7, 11) is -4.34. The predicted octanol–water partition coefficient (Wildman–Crippen LogP) is 4.83. The molecule has 0 aromatic heterocycles. The summed E-state index contributed by atoms with van der Waals surface area (Å²) < 4.78 is 106. The zero-order valence-electron chi connectivity index (χ0n) is 24.9. The number of hydrogen-bond acceptors (Lipinski definition) is 5. The smallest absolute Gasteiger partial charge is 0.351 e. The lowest BCUT2D eigenvalue weighted by atomic mass is 10.1. The van der Waals surface area contributed by atoms with Gasteiger partial charge >= 0.3 is 12.4 Å². The highest BCUT2D eigenvalue weighted by atomic mass is 32.2. The third-order valence-corrected chi connectivity index (χ3v) is 9.32. The normalized spacial score (nSPS) is 16.1. The first-order valence-electron chi connectivity index (χ1n) is 14.2. The van der Waals surface area contributed by atoms with Crippen molar-refractivity contribution in [3.63, 3.8) is 0 Å². The predicted molar refractivity (Wildman–Crippen MR) is 158 cm³/mol. The first-order valence-corrected chi connectivity index (χ1v) is 15.7. The van der Waals surface area contributed by atoms with Gasteiger partial charge in [-0.15, -0.1) is 0 Å². The molecule has 252 valence electrons. The first-order chi connectivity index (χ1) is 21.9. The summed E-state index contributed by atoms with van der Waals surface area (Å²) in [5.74, 6) is -1.71. The van der Waals surface area contributed by atoms with Crippen molar-refractivity contribution in [3.05, 3.63) is 95.1 Å². The summed E-state index contributed by atoms with van der Waals surface area (Å²) in [4.78, 5) is 39.0. The van der Waals surface area contributed by atoms with Crippen LogP contribution in [0.5, 0.6) is 0 Å². The number of amides is 3. The Labute approximate surface area is 266 Å². The standard InChI is InChI=1S/C31H30F6N4O5S/c1-20(42)39-25-10-12-26(13-11-25)47(45,46)41-16-15-40(28(43)14-7-21-3-2-4-24(17-21)31(35,36)37)19-27(41)29(44)38-18-22-5-8-23(9-6-22)30(32,33)34/h2-6,8-13,17,27H,7,14-16,18-19H2,1H3,(H,38,44)(H,39,42). The number of anilines is 1. The maximum Gasteiger partial charge on any atom is 0.416 e. The molecule has 1 unspecified atom stereocenters. The lowest BCUT2D eigenvalue weighted by molar-refractivity contribution is -0.138. The van der Waals surface area contributed by atoms with E-state index in [1.54, 1.807) is 0 Å². The summed E-state index contributed by atoms with van der Waals surface area (Å²) in [6.45, 7) is 0.232. The fourth-order valence-corrected chi connectivity index (χ4v) is 6.54. The van der Waals surface area contributed by atoms with Gasteiger partial charge < -0.3 is 15.5 Å². The highest BCUT2D eigenvalue weighted by Crippen LogP contribution is 2.31. The van der Waals surface area contributed by atoms with Crippen LogP contribution in [0.4, 0.5) is 32.0 Å². The number of piperazine rings is 1. The van der Waals surface area contributed by atoms with Crippen LogP contribution >= 0.6 is 0 Å². The lowest BCUT2D eigenvalue weighted by Crippen LogP contribution is -2.61. The Morgan fingerprint density at radius 1 is 0.830 bits per heavy atom. The highest BCUT2D eigenvalue weighted by molar-refractivity contribution is 7.89. The molecule has 47 heavy (non-hydrogen) atoms. The number of aryl methyl sites for hydroxylation is 1. The van der Waals surface area contributed by atoms with Crippen molar-refractivity contribution in [1.29, 1.82) is 0 Å². The number of halogens is 6. The van der Waals surface area contributed by atoms with Gasteiger partial charge in [-0.3, -0.25) is 14.4 Å². The van der Waals surface area contributed by atoms with E-state index in [1.807, 2.05) is 0 Å². The maximum absolute atomic E-state index is 13.7. The molecule has 1 aliphatic rings. The van der Waals surface area contributed by atoms with E-state index in [9.17, 15) is 49.1 Å². The third-order valence-electron chi connectivity index (χ3n) is 7.40. The fourth-order valence-electron chi connectivity index (χ4n) is 4.97. The zero-order chi connectivity index (χ0) is 34.6. The monoisotopic (exact) mass is 684 g/mol. The minimum absolute atomic E-state index is 0.0350. The van der Waals surface area contributed by atoms with Crippen LogP contribution in [0.2, 0.25) is 0 Å². The number of nitrogens with one attached hydrogen (secondary N) is 2. The molecule has 0 bridgehead atoms. The first kappa shape index (κ1) is 35.4. The molecular formula is C31H30F6N4O5S. The minimum atomic E-state index is -4.56. The van der Waals surface area contributed by atoms with Gasteiger partial charge in [-0.25, -0.2) is 8.42 Å². The van der Waals surface area contributed by atoms with Gasteiger partial charge in [0.25, 0.3) is 0 Å². The van der Waals surface area contributed by atoms with Gasteiger partial charge in [-0.1, -0.05) is 30.3 Å². The fraction of sp³-hybridized carbons (Fsp3) is 0.323. The molecule has 1 heterocycles. The van der Waals surface area contributed by atoms with E-state index in [0.717, 1.165) is 28.6 Å². The molecule has 0 aliphatic carbocycles. The van der Waals surface area contributed by atoms with Crippen LogP contribution in [0.3, 0.4) is 0 Å². The summed E-state index contributed by atoms with van der Waals surface area (Å²) in [6, 6.07) is 12.3. The van der Waals surface area contributed by atoms with Crippen molar-refractivity contribution in [2.75, 3.05) is 25.0 Å². The molecule has 4 rings (SSSR count). The second kappa shape index (κ2) is 14.1. The molecule has 1 fully saturated rings. The van der Waals surface area contributed by atoms with E-state index >= 15 is 0 Å². The van der Waals surface area contributed by atoms with Gasteiger partial charge in [-0.05, 0) is 60.0 Å². The van der Waals surface area contributed by atoms with Crippen LogP contribution < -0.4 is 10.6 Å². The maximum atomic E-state index is 13.7. The number of hydrogen-bond donors (Lipinski definition) is 2. The molecule has 2 N–H and O–H groups in total. The van der Waals surface area contributed by atoms with E-state index < -0.39 is 51.4 Å². The van der Waals surface area contributed by atoms with Crippen molar-refractivity contribution in [3.8, 4) is 0 Å². The van der Waals surface area contributed by atoms with Gasteiger partial charge in [-0.2, -0.15) is 30.6 Å². The van der Waals surface area contributed by atoms with Crippen LogP contribution in [0, 0.1) is 0 Å². The van der Waals surface area contributed by atoms with Crippen LogP contribution in [0.1, 0.15) is 35.6 Å². The van der Waals surface area contributed by atoms with Crippen LogP contribution in [-0.2, 0) is 49.7 Å². The van der Waals surface area contributed by atoms with Crippen molar-refractivity contribution in [2.24, 2.45) is 0 Å². The van der Waals surface area contributed by atoms with Gasteiger partial charge in [0.2, 0.25) is 27.7 Å². The Hall–Kier alpha value is -4.44. The van der Waals surface area contributed by atoms with Crippen LogP contribution in [0.15, 0.2) is 77.7 Å². The molecule has 0 spiro atoms. The SMILES string of the molecule is CC(=O)Nc1ccc(S(=O)(=O)N2CCN(C(=O)CCc3cccc(C(F)(F)F)c3)CC2C(=O)NCc2ccc(C(F)(F)F)cc2)cc1. The van der Waals surface area contributed by atoms with E-state index in [4.69, 9.17) is 0 Å². The van der Waals surface area contributed by atoms with Crippen molar-refractivity contribution >= 4 is 33.4 Å². The van der Waals surface area contributed by atoms with E-state index in [-0.39, 0.29) is 55.4 Å². The highest BCUT2D eigenvalue weighted by Gasteiger charge is 2.41. The molecule has 9 nitrogen and oxygen atoms in total. The number of carbonyl (C=O) groups is 3. The van der Waals surface area contributed by atoms with E-state index in [1.165, 1.54) is 60.4 Å². The largest absolute Gasteiger partial charge is 0.416 e. The Bertz CT molecular complexity index is 1710. The Morgan fingerprint density at radius 2 is 1.47 bits per heavy atom. The molecule has 1 atom stereocenters. The van der Waals surface area contributed by atoms with Gasteiger partial charge in [0.1, 0.15) is 6.04 Å². The average Bonchev–Trinajstić information content (AvgIpc) is 3.01. The third kappa shape index (κ3) is 9.10.